The Bertz CT molecular complexity index is 552. The van der Waals surface area contributed by atoms with Crippen molar-refractivity contribution < 1.29 is 14.7 Å². The number of aromatic nitrogens is 1. The van der Waals surface area contributed by atoms with Crippen molar-refractivity contribution in [1.29, 1.82) is 0 Å². The number of carboxylic acid groups (broad SMARTS) is 1. The van der Waals surface area contributed by atoms with E-state index in [1.165, 1.54) is 11.3 Å². The van der Waals surface area contributed by atoms with Crippen LogP contribution in [-0.2, 0) is 11.2 Å². The highest BCUT2D eigenvalue weighted by molar-refractivity contribution is 7.13. The molecule has 0 spiro atoms. The predicted octanol–water partition coefficient (Wildman–Crippen LogP) is 1.68. The third kappa shape index (κ3) is 3.84. The molecule has 2 rings (SSSR count). The van der Waals surface area contributed by atoms with Crippen LogP contribution >= 0.6 is 11.3 Å². The maximum absolute atomic E-state index is 12.3. The Morgan fingerprint density at radius 2 is 2.09 bits per heavy atom. The summed E-state index contributed by atoms with van der Waals surface area (Å²) < 4.78 is 0. The summed E-state index contributed by atoms with van der Waals surface area (Å²) in [5, 5.41) is 12.9. The number of aliphatic carboxylic acids is 1. The lowest BCUT2D eigenvalue weighted by molar-refractivity contribution is -0.139. The molecule has 1 saturated carbocycles. The van der Waals surface area contributed by atoms with Crippen LogP contribution in [0.1, 0.15) is 47.1 Å². The molecule has 0 aliphatic heterocycles. The van der Waals surface area contributed by atoms with Crippen LogP contribution < -0.4 is 5.32 Å². The Morgan fingerprint density at radius 3 is 2.59 bits per heavy atom. The van der Waals surface area contributed by atoms with E-state index in [4.69, 9.17) is 5.11 Å². The van der Waals surface area contributed by atoms with Crippen LogP contribution in [0.15, 0.2) is 0 Å². The Labute approximate surface area is 134 Å². The van der Waals surface area contributed by atoms with E-state index >= 15 is 0 Å². The van der Waals surface area contributed by atoms with Gasteiger partial charge < -0.3 is 10.4 Å². The molecule has 1 amide bonds. The molecular weight excluding hydrogens is 302 g/mol. The van der Waals surface area contributed by atoms with Gasteiger partial charge in [0.05, 0.1) is 17.2 Å². The quantitative estimate of drug-likeness (QED) is 0.797. The van der Waals surface area contributed by atoms with Gasteiger partial charge in [-0.05, 0) is 32.7 Å². The lowest BCUT2D eigenvalue weighted by Crippen LogP contribution is -2.54. The van der Waals surface area contributed by atoms with Crippen LogP contribution in [0.4, 0.5) is 0 Å². The van der Waals surface area contributed by atoms with E-state index < -0.39 is 5.97 Å². The van der Waals surface area contributed by atoms with Gasteiger partial charge in [-0.1, -0.05) is 13.8 Å². The van der Waals surface area contributed by atoms with Crippen LogP contribution in [0.2, 0.25) is 0 Å². The molecule has 1 aliphatic carbocycles. The standard InChI is InChI=1S/C15H23N3O3S/c1-4-12-16-9(3)14(22-12)15(21)17-10-6-11(7-10)18(5-2)8-13(19)20/h10-11H,4-8H2,1-3H3,(H,17,21)(H,19,20). The highest BCUT2D eigenvalue weighted by Crippen LogP contribution is 2.27. The molecule has 0 aromatic carbocycles. The van der Waals surface area contributed by atoms with Crippen molar-refractivity contribution in [2.75, 3.05) is 13.1 Å². The number of carbonyl (C=O) groups excluding carboxylic acids is 1. The van der Waals surface area contributed by atoms with Crippen molar-refractivity contribution in [1.82, 2.24) is 15.2 Å². The van der Waals surface area contributed by atoms with Gasteiger partial charge >= 0.3 is 5.97 Å². The summed E-state index contributed by atoms with van der Waals surface area (Å²) >= 11 is 1.45. The first-order valence-electron chi connectivity index (χ1n) is 7.67. The molecule has 1 fully saturated rings. The Morgan fingerprint density at radius 1 is 1.41 bits per heavy atom. The monoisotopic (exact) mass is 325 g/mol. The second kappa shape index (κ2) is 7.19. The Kier molecular flexibility index (Phi) is 5.52. The van der Waals surface area contributed by atoms with E-state index in [0.29, 0.717) is 11.4 Å². The maximum atomic E-state index is 12.3. The first kappa shape index (κ1) is 16.9. The third-order valence-electron chi connectivity index (χ3n) is 4.06. The number of nitrogens with zero attached hydrogens (tertiary/aromatic N) is 2. The van der Waals surface area contributed by atoms with Gasteiger partial charge in [0.1, 0.15) is 4.88 Å². The average molecular weight is 325 g/mol. The zero-order valence-corrected chi connectivity index (χ0v) is 14.1. The van der Waals surface area contributed by atoms with E-state index in [2.05, 4.69) is 10.3 Å². The molecule has 2 N–H and O–H groups in total. The summed E-state index contributed by atoms with van der Waals surface area (Å²) in [4.78, 5) is 30.1. The van der Waals surface area contributed by atoms with E-state index in [1.807, 2.05) is 25.7 Å². The SMILES string of the molecule is CCc1nc(C)c(C(=O)NC2CC(N(CC)CC(=O)O)C2)s1. The summed E-state index contributed by atoms with van der Waals surface area (Å²) in [6.45, 7) is 6.63. The molecule has 0 saturated heterocycles. The van der Waals surface area contributed by atoms with Crippen molar-refractivity contribution in [3.8, 4) is 0 Å². The number of thiazole rings is 1. The lowest BCUT2D eigenvalue weighted by atomic mass is 9.85. The molecule has 1 aliphatic rings. The van der Waals surface area contributed by atoms with Crippen LogP contribution in [-0.4, -0.2) is 52.0 Å². The number of hydrogen-bond donors (Lipinski definition) is 2. The molecule has 1 heterocycles. The predicted molar refractivity (Wildman–Crippen MR) is 85.4 cm³/mol. The summed E-state index contributed by atoms with van der Waals surface area (Å²) in [5.41, 5.74) is 0.788. The average Bonchev–Trinajstić information content (AvgIpc) is 2.81. The lowest BCUT2D eigenvalue weighted by Gasteiger charge is -2.42. The van der Waals surface area contributed by atoms with E-state index in [1.54, 1.807) is 0 Å². The number of carboxylic acids is 1. The summed E-state index contributed by atoms with van der Waals surface area (Å²) in [6, 6.07) is 0.382. The van der Waals surface area contributed by atoms with Crippen LogP contribution in [0.3, 0.4) is 0 Å². The van der Waals surface area contributed by atoms with Gasteiger partial charge in [0, 0.05) is 12.1 Å². The van der Waals surface area contributed by atoms with Gasteiger partial charge in [0.2, 0.25) is 0 Å². The number of nitrogens with one attached hydrogen (secondary N) is 1. The van der Waals surface area contributed by atoms with Gasteiger partial charge in [0.25, 0.3) is 5.91 Å². The van der Waals surface area contributed by atoms with Crippen molar-refractivity contribution in [2.45, 2.75) is 52.1 Å². The van der Waals surface area contributed by atoms with Crippen molar-refractivity contribution in [3.63, 3.8) is 0 Å². The summed E-state index contributed by atoms with van der Waals surface area (Å²) in [5.74, 6) is -0.860. The van der Waals surface area contributed by atoms with Crippen LogP contribution in [0.25, 0.3) is 0 Å². The van der Waals surface area contributed by atoms with Gasteiger partial charge in [0.15, 0.2) is 0 Å². The van der Waals surface area contributed by atoms with Gasteiger partial charge in [-0.3, -0.25) is 14.5 Å². The molecule has 0 unspecified atom stereocenters. The third-order valence-corrected chi connectivity index (χ3v) is 5.36. The molecular formula is C15H23N3O3S. The van der Waals surface area contributed by atoms with E-state index in [9.17, 15) is 9.59 Å². The molecule has 122 valence electrons. The smallest absolute Gasteiger partial charge is 0.317 e. The first-order chi connectivity index (χ1) is 10.4. The minimum atomic E-state index is -0.804. The number of amides is 1. The molecule has 1 aromatic rings. The van der Waals surface area contributed by atoms with Crippen LogP contribution in [0.5, 0.6) is 0 Å². The van der Waals surface area contributed by atoms with Crippen molar-refractivity contribution >= 4 is 23.2 Å². The summed E-state index contributed by atoms with van der Waals surface area (Å²) in [6.07, 6.45) is 2.46. The fraction of sp³-hybridized carbons (Fsp3) is 0.667. The van der Waals surface area contributed by atoms with Crippen molar-refractivity contribution in [3.05, 3.63) is 15.6 Å². The summed E-state index contributed by atoms with van der Waals surface area (Å²) in [7, 11) is 0. The molecule has 1 aromatic heterocycles. The fourth-order valence-electron chi connectivity index (χ4n) is 2.74. The zero-order chi connectivity index (χ0) is 16.3. The van der Waals surface area contributed by atoms with Gasteiger partial charge in [-0.15, -0.1) is 11.3 Å². The van der Waals surface area contributed by atoms with E-state index in [-0.39, 0.29) is 24.5 Å². The minimum Gasteiger partial charge on any atom is -0.480 e. The first-order valence-corrected chi connectivity index (χ1v) is 8.49. The zero-order valence-electron chi connectivity index (χ0n) is 13.3. The Balaban J connectivity index is 1.85. The molecule has 7 heteroatoms. The normalized spacial score (nSPS) is 20.7. The van der Waals surface area contributed by atoms with E-state index in [0.717, 1.165) is 30.0 Å². The topological polar surface area (TPSA) is 82.5 Å². The fourth-order valence-corrected chi connectivity index (χ4v) is 3.65. The highest BCUT2D eigenvalue weighted by atomic mass is 32.1. The van der Waals surface area contributed by atoms with Gasteiger partial charge in [-0.2, -0.15) is 0 Å². The Hall–Kier alpha value is -1.47. The van der Waals surface area contributed by atoms with Crippen LogP contribution in [0, 0.1) is 6.92 Å². The molecule has 0 radical (unpaired) electrons. The number of carbonyl (C=O) groups is 2. The second-order valence-electron chi connectivity index (χ2n) is 5.63. The molecule has 0 atom stereocenters. The number of aryl methyl sites for hydroxylation is 2. The van der Waals surface area contributed by atoms with Crippen molar-refractivity contribution in [2.24, 2.45) is 0 Å². The number of rotatable bonds is 7. The van der Waals surface area contributed by atoms with Gasteiger partial charge in [-0.25, -0.2) is 4.98 Å². The number of hydrogen-bond acceptors (Lipinski definition) is 5. The largest absolute Gasteiger partial charge is 0.480 e. The maximum Gasteiger partial charge on any atom is 0.317 e. The second-order valence-corrected chi connectivity index (χ2v) is 6.71. The molecule has 0 bridgehead atoms. The molecule has 22 heavy (non-hydrogen) atoms. The minimum absolute atomic E-state index is 0.0561. The number of likely N-dealkylation sites (N-methyl/N-ethyl adjacent to an activating group) is 1. The molecule has 6 nitrogen and oxygen atoms in total. The highest BCUT2D eigenvalue weighted by Gasteiger charge is 2.35.